The van der Waals surface area contributed by atoms with Crippen LogP contribution >= 0.6 is 24.0 Å². The Bertz CT molecular complexity index is 413. The highest BCUT2D eigenvalue weighted by Gasteiger charge is 2.11. The molecule has 0 fully saturated rings. The second kappa shape index (κ2) is 10.8. The fourth-order valence-corrected chi connectivity index (χ4v) is 2.27. The standard InChI is InChI=1S/C15H25ClN2O2.ClH/c1-4-18(5-2)8-7-9-20-15-13(16)10-12(17)11-14(15)19-6-3;/h10-11H,4-9,17H2,1-3H3;1H. The summed E-state index contributed by atoms with van der Waals surface area (Å²) in [6, 6.07) is 3.43. The van der Waals surface area contributed by atoms with Gasteiger partial charge >= 0.3 is 0 Å². The average molecular weight is 337 g/mol. The van der Waals surface area contributed by atoms with Crippen LogP contribution in [0, 0.1) is 0 Å². The minimum absolute atomic E-state index is 0. The number of benzene rings is 1. The lowest BCUT2D eigenvalue weighted by Gasteiger charge is -2.18. The Morgan fingerprint density at radius 1 is 1.14 bits per heavy atom. The van der Waals surface area contributed by atoms with Gasteiger partial charge in [0.2, 0.25) is 0 Å². The highest BCUT2D eigenvalue weighted by molar-refractivity contribution is 6.32. The summed E-state index contributed by atoms with van der Waals surface area (Å²) >= 11 is 6.17. The number of nitrogens with zero attached hydrogens (tertiary/aromatic N) is 1. The Labute approximate surface area is 138 Å². The molecule has 0 saturated carbocycles. The average Bonchev–Trinajstić information content (AvgIpc) is 2.41. The number of rotatable bonds is 9. The molecule has 0 radical (unpaired) electrons. The van der Waals surface area contributed by atoms with Crippen LogP contribution in [0.4, 0.5) is 5.69 Å². The molecule has 21 heavy (non-hydrogen) atoms. The van der Waals surface area contributed by atoms with Crippen molar-refractivity contribution < 1.29 is 9.47 Å². The molecule has 0 amide bonds. The van der Waals surface area contributed by atoms with E-state index < -0.39 is 0 Å². The van der Waals surface area contributed by atoms with Crippen molar-refractivity contribution in [2.45, 2.75) is 27.2 Å². The number of halogens is 2. The summed E-state index contributed by atoms with van der Waals surface area (Å²) in [5.74, 6) is 1.20. The smallest absolute Gasteiger partial charge is 0.179 e. The maximum atomic E-state index is 6.17. The van der Waals surface area contributed by atoms with E-state index in [2.05, 4.69) is 18.7 Å². The summed E-state index contributed by atoms with van der Waals surface area (Å²) < 4.78 is 11.3. The number of nitrogen functional groups attached to an aromatic ring is 1. The molecule has 0 aliphatic rings. The third-order valence-electron chi connectivity index (χ3n) is 3.09. The molecule has 0 saturated heterocycles. The van der Waals surface area contributed by atoms with E-state index in [4.69, 9.17) is 26.8 Å². The first-order chi connectivity index (χ1) is 9.62. The Kier molecular flexibility index (Phi) is 10.4. The van der Waals surface area contributed by atoms with Gasteiger partial charge in [0, 0.05) is 18.3 Å². The lowest BCUT2D eigenvalue weighted by atomic mass is 10.3. The molecule has 122 valence electrons. The highest BCUT2D eigenvalue weighted by atomic mass is 35.5. The van der Waals surface area contributed by atoms with Gasteiger partial charge in [0.05, 0.1) is 18.2 Å². The van der Waals surface area contributed by atoms with E-state index in [0.29, 0.717) is 35.4 Å². The van der Waals surface area contributed by atoms with Crippen LogP contribution in [-0.4, -0.2) is 37.7 Å². The van der Waals surface area contributed by atoms with Gasteiger partial charge in [0.1, 0.15) is 0 Å². The number of hydrogen-bond donors (Lipinski definition) is 1. The van der Waals surface area contributed by atoms with Crippen molar-refractivity contribution in [1.29, 1.82) is 0 Å². The first-order valence-corrected chi connectivity index (χ1v) is 7.57. The van der Waals surface area contributed by atoms with Crippen molar-refractivity contribution in [3.05, 3.63) is 17.2 Å². The summed E-state index contributed by atoms with van der Waals surface area (Å²) in [4.78, 5) is 2.36. The second-order valence-electron chi connectivity index (χ2n) is 4.49. The molecule has 2 N–H and O–H groups in total. The van der Waals surface area contributed by atoms with Crippen molar-refractivity contribution >= 4 is 29.7 Å². The van der Waals surface area contributed by atoms with Gasteiger partial charge in [-0.05, 0) is 32.5 Å². The zero-order valence-electron chi connectivity index (χ0n) is 13.0. The molecule has 0 aliphatic carbocycles. The summed E-state index contributed by atoms with van der Waals surface area (Å²) in [6.07, 6.45) is 0.952. The summed E-state index contributed by atoms with van der Waals surface area (Å²) in [5.41, 5.74) is 6.34. The quantitative estimate of drug-likeness (QED) is 0.549. The molecule has 1 aromatic rings. The minimum atomic E-state index is 0. The van der Waals surface area contributed by atoms with Crippen molar-refractivity contribution in [3.8, 4) is 11.5 Å². The molecule has 1 rings (SSSR count). The van der Waals surface area contributed by atoms with Gasteiger partial charge in [-0.25, -0.2) is 0 Å². The molecule has 6 heteroatoms. The maximum Gasteiger partial charge on any atom is 0.179 e. The van der Waals surface area contributed by atoms with Gasteiger partial charge in [-0.3, -0.25) is 0 Å². The minimum Gasteiger partial charge on any atom is -0.490 e. The number of ether oxygens (including phenoxy) is 2. The number of hydrogen-bond acceptors (Lipinski definition) is 4. The molecule has 0 atom stereocenters. The first kappa shape index (κ1) is 20.2. The van der Waals surface area contributed by atoms with Crippen LogP contribution in [0.25, 0.3) is 0 Å². The Morgan fingerprint density at radius 3 is 2.38 bits per heavy atom. The topological polar surface area (TPSA) is 47.7 Å². The molecular weight excluding hydrogens is 311 g/mol. The van der Waals surface area contributed by atoms with E-state index in [1.165, 1.54) is 0 Å². The largest absolute Gasteiger partial charge is 0.490 e. The van der Waals surface area contributed by atoms with E-state index in [1.54, 1.807) is 12.1 Å². The predicted molar refractivity (Wildman–Crippen MR) is 92.2 cm³/mol. The molecule has 0 bridgehead atoms. The molecule has 4 nitrogen and oxygen atoms in total. The Morgan fingerprint density at radius 2 is 1.81 bits per heavy atom. The number of anilines is 1. The molecule has 0 aromatic heterocycles. The predicted octanol–water partition coefficient (Wildman–Crippen LogP) is 3.85. The molecule has 0 aliphatic heterocycles. The fourth-order valence-electron chi connectivity index (χ4n) is 1.99. The van der Waals surface area contributed by atoms with E-state index in [9.17, 15) is 0 Å². The van der Waals surface area contributed by atoms with Gasteiger partial charge < -0.3 is 20.1 Å². The van der Waals surface area contributed by atoms with Gasteiger partial charge in [-0.2, -0.15) is 0 Å². The van der Waals surface area contributed by atoms with Gasteiger partial charge in [0.25, 0.3) is 0 Å². The van der Waals surface area contributed by atoms with Crippen LogP contribution in [-0.2, 0) is 0 Å². The third-order valence-corrected chi connectivity index (χ3v) is 3.37. The summed E-state index contributed by atoms with van der Waals surface area (Å²) in [5, 5.41) is 0.497. The van der Waals surface area contributed by atoms with Crippen LogP contribution in [0.2, 0.25) is 5.02 Å². The molecule has 0 heterocycles. The fraction of sp³-hybridized carbons (Fsp3) is 0.600. The Balaban J connectivity index is 0.00000400. The number of nitrogens with two attached hydrogens (primary N) is 1. The zero-order valence-corrected chi connectivity index (χ0v) is 14.6. The van der Waals surface area contributed by atoms with Crippen molar-refractivity contribution in [2.24, 2.45) is 0 Å². The van der Waals surface area contributed by atoms with E-state index in [0.717, 1.165) is 26.1 Å². The second-order valence-corrected chi connectivity index (χ2v) is 4.90. The monoisotopic (exact) mass is 336 g/mol. The van der Waals surface area contributed by atoms with Gasteiger partial charge in [-0.1, -0.05) is 25.4 Å². The molecule has 0 unspecified atom stereocenters. The molecular formula is C15H26Cl2N2O2. The first-order valence-electron chi connectivity index (χ1n) is 7.19. The SMILES string of the molecule is CCOc1cc(N)cc(Cl)c1OCCCN(CC)CC.Cl. The molecule has 1 aromatic carbocycles. The zero-order chi connectivity index (χ0) is 15.0. The van der Waals surface area contributed by atoms with Crippen LogP contribution in [0.1, 0.15) is 27.2 Å². The Hall–Kier alpha value is -0.840. The van der Waals surface area contributed by atoms with Crippen LogP contribution in [0.15, 0.2) is 12.1 Å². The van der Waals surface area contributed by atoms with Crippen LogP contribution < -0.4 is 15.2 Å². The lowest BCUT2D eigenvalue weighted by molar-refractivity contribution is 0.238. The van der Waals surface area contributed by atoms with E-state index >= 15 is 0 Å². The summed E-state index contributed by atoms with van der Waals surface area (Å²) in [6.45, 7) is 10.5. The van der Waals surface area contributed by atoms with E-state index in [1.807, 2.05) is 6.92 Å². The lowest BCUT2D eigenvalue weighted by Crippen LogP contribution is -2.25. The van der Waals surface area contributed by atoms with Gasteiger partial charge in [0.15, 0.2) is 11.5 Å². The van der Waals surface area contributed by atoms with Crippen LogP contribution in [0.5, 0.6) is 11.5 Å². The third kappa shape index (κ3) is 6.64. The summed E-state index contributed by atoms with van der Waals surface area (Å²) in [7, 11) is 0. The molecule has 0 spiro atoms. The van der Waals surface area contributed by atoms with Gasteiger partial charge in [-0.15, -0.1) is 12.4 Å². The highest BCUT2D eigenvalue weighted by Crippen LogP contribution is 2.37. The maximum absolute atomic E-state index is 6.17. The normalized spacial score (nSPS) is 10.3. The van der Waals surface area contributed by atoms with Crippen molar-refractivity contribution in [1.82, 2.24) is 4.90 Å². The van der Waals surface area contributed by atoms with Crippen LogP contribution in [0.3, 0.4) is 0 Å². The van der Waals surface area contributed by atoms with Crippen molar-refractivity contribution in [2.75, 3.05) is 38.6 Å². The van der Waals surface area contributed by atoms with E-state index in [-0.39, 0.29) is 12.4 Å². The van der Waals surface area contributed by atoms with Crippen molar-refractivity contribution in [3.63, 3.8) is 0 Å².